The molecule has 1 aromatic rings. The SMILES string of the molecule is CN1CCCC(O)(c2ccccc2C(F)(F)F)C1. The van der Waals surface area contributed by atoms with Crippen molar-refractivity contribution in [1.82, 2.24) is 4.90 Å². The van der Waals surface area contributed by atoms with Crippen LogP contribution in [0.3, 0.4) is 0 Å². The molecule has 0 aliphatic carbocycles. The molecule has 1 aliphatic heterocycles. The molecule has 1 fully saturated rings. The Morgan fingerprint density at radius 2 is 1.94 bits per heavy atom. The first-order valence-electron chi connectivity index (χ1n) is 5.90. The summed E-state index contributed by atoms with van der Waals surface area (Å²) in [6.45, 7) is 1.04. The minimum atomic E-state index is -4.43. The minimum Gasteiger partial charge on any atom is -0.384 e. The number of rotatable bonds is 1. The van der Waals surface area contributed by atoms with Crippen molar-refractivity contribution in [3.05, 3.63) is 35.4 Å². The normalized spacial score (nSPS) is 26.3. The number of halogens is 3. The lowest BCUT2D eigenvalue weighted by Crippen LogP contribution is -2.45. The van der Waals surface area contributed by atoms with Crippen LogP contribution in [0.4, 0.5) is 13.2 Å². The van der Waals surface area contributed by atoms with E-state index in [1.807, 2.05) is 4.90 Å². The van der Waals surface area contributed by atoms with Gasteiger partial charge in [0.25, 0.3) is 0 Å². The Kier molecular flexibility index (Phi) is 3.38. The number of benzene rings is 1. The molecule has 1 aliphatic rings. The van der Waals surface area contributed by atoms with E-state index in [1.54, 1.807) is 7.05 Å². The van der Waals surface area contributed by atoms with Crippen molar-refractivity contribution in [3.63, 3.8) is 0 Å². The zero-order chi connectivity index (χ0) is 13.4. The zero-order valence-corrected chi connectivity index (χ0v) is 10.2. The second-order valence-electron chi connectivity index (χ2n) is 4.92. The van der Waals surface area contributed by atoms with E-state index >= 15 is 0 Å². The summed E-state index contributed by atoms with van der Waals surface area (Å²) in [5.74, 6) is 0. The molecule has 0 bridgehead atoms. The third-order valence-corrected chi connectivity index (χ3v) is 3.40. The Morgan fingerprint density at radius 1 is 1.28 bits per heavy atom. The average molecular weight is 259 g/mol. The number of hydrogen-bond acceptors (Lipinski definition) is 2. The van der Waals surface area contributed by atoms with Crippen LogP contribution in [0, 0.1) is 0 Å². The molecule has 18 heavy (non-hydrogen) atoms. The van der Waals surface area contributed by atoms with Crippen molar-refractivity contribution >= 4 is 0 Å². The number of aliphatic hydroxyl groups is 1. The summed E-state index contributed by atoms with van der Waals surface area (Å²) in [5.41, 5.74) is -2.15. The number of hydrogen-bond donors (Lipinski definition) is 1. The fourth-order valence-electron chi connectivity index (χ4n) is 2.60. The van der Waals surface area contributed by atoms with Crippen molar-refractivity contribution in [1.29, 1.82) is 0 Å². The van der Waals surface area contributed by atoms with E-state index in [9.17, 15) is 18.3 Å². The molecule has 0 spiro atoms. The summed E-state index contributed by atoms with van der Waals surface area (Å²) >= 11 is 0. The highest BCUT2D eigenvalue weighted by Gasteiger charge is 2.42. The van der Waals surface area contributed by atoms with Gasteiger partial charge in [0.15, 0.2) is 0 Å². The smallest absolute Gasteiger partial charge is 0.384 e. The van der Waals surface area contributed by atoms with Gasteiger partial charge in [-0.3, -0.25) is 0 Å². The molecule has 2 nitrogen and oxygen atoms in total. The molecule has 2 rings (SSSR count). The van der Waals surface area contributed by atoms with Crippen LogP contribution in [-0.4, -0.2) is 30.1 Å². The third kappa shape index (κ3) is 2.52. The lowest BCUT2D eigenvalue weighted by atomic mass is 9.83. The lowest BCUT2D eigenvalue weighted by Gasteiger charge is -2.39. The second-order valence-corrected chi connectivity index (χ2v) is 4.92. The number of β-amino-alcohol motifs (C(OH)–C–C–N with tert-alkyl or cyclic N) is 1. The zero-order valence-electron chi connectivity index (χ0n) is 10.2. The Labute approximate surface area is 104 Å². The van der Waals surface area contributed by atoms with Crippen LogP contribution < -0.4 is 0 Å². The summed E-state index contributed by atoms with van der Waals surface area (Å²) in [7, 11) is 1.81. The summed E-state index contributed by atoms with van der Waals surface area (Å²) < 4.78 is 38.8. The molecule has 1 N–H and O–H groups in total. The number of alkyl halides is 3. The second kappa shape index (κ2) is 4.55. The predicted molar refractivity (Wildman–Crippen MR) is 62.1 cm³/mol. The molecule has 0 radical (unpaired) electrons. The van der Waals surface area contributed by atoms with E-state index in [1.165, 1.54) is 18.2 Å². The number of likely N-dealkylation sites (N-methyl/N-ethyl adjacent to an activating group) is 1. The quantitative estimate of drug-likeness (QED) is 0.838. The number of piperidine rings is 1. The van der Waals surface area contributed by atoms with Gasteiger partial charge in [0.1, 0.15) is 5.60 Å². The summed E-state index contributed by atoms with van der Waals surface area (Å²) in [5, 5.41) is 10.5. The van der Waals surface area contributed by atoms with Gasteiger partial charge in [-0.25, -0.2) is 0 Å². The van der Waals surface area contributed by atoms with Gasteiger partial charge in [0, 0.05) is 6.54 Å². The first-order valence-corrected chi connectivity index (χ1v) is 5.90. The molecule has 1 unspecified atom stereocenters. The van der Waals surface area contributed by atoms with Crippen molar-refractivity contribution in [2.75, 3.05) is 20.1 Å². The van der Waals surface area contributed by atoms with Gasteiger partial charge in [-0.2, -0.15) is 13.2 Å². The molecule has 1 heterocycles. The first-order chi connectivity index (χ1) is 8.33. The Bertz CT molecular complexity index is 432. The van der Waals surface area contributed by atoms with E-state index in [2.05, 4.69) is 0 Å². The van der Waals surface area contributed by atoms with Gasteiger partial charge in [0.05, 0.1) is 5.56 Å². The fourth-order valence-corrected chi connectivity index (χ4v) is 2.60. The maximum atomic E-state index is 12.9. The van der Waals surface area contributed by atoms with Crippen LogP contribution in [0.25, 0.3) is 0 Å². The van der Waals surface area contributed by atoms with Gasteiger partial charge in [0.2, 0.25) is 0 Å². The molecule has 1 atom stereocenters. The van der Waals surface area contributed by atoms with Crippen LogP contribution in [-0.2, 0) is 11.8 Å². The molecular weight excluding hydrogens is 243 g/mol. The van der Waals surface area contributed by atoms with Gasteiger partial charge in [-0.1, -0.05) is 18.2 Å². The van der Waals surface area contributed by atoms with Crippen molar-refractivity contribution < 1.29 is 18.3 Å². The molecule has 0 amide bonds. The monoisotopic (exact) mass is 259 g/mol. The maximum absolute atomic E-state index is 12.9. The maximum Gasteiger partial charge on any atom is 0.416 e. The van der Waals surface area contributed by atoms with Gasteiger partial charge >= 0.3 is 6.18 Å². The van der Waals surface area contributed by atoms with Crippen LogP contribution in [0.5, 0.6) is 0 Å². The Balaban J connectivity index is 2.44. The lowest BCUT2D eigenvalue weighted by molar-refractivity contribution is -0.142. The van der Waals surface area contributed by atoms with Gasteiger partial charge in [-0.05, 0) is 38.1 Å². The van der Waals surface area contributed by atoms with Gasteiger partial charge < -0.3 is 10.0 Å². The minimum absolute atomic E-state index is 0.0101. The molecule has 0 aromatic heterocycles. The van der Waals surface area contributed by atoms with Crippen molar-refractivity contribution in [2.24, 2.45) is 0 Å². The summed E-state index contributed by atoms with van der Waals surface area (Å²) in [4.78, 5) is 1.86. The standard InChI is InChI=1S/C13H16F3NO/c1-17-8-4-7-12(18,9-17)10-5-2-3-6-11(10)13(14,15)16/h2-3,5-6,18H,4,7-9H2,1H3. The fraction of sp³-hybridized carbons (Fsp3) is 0.538. The highest BCUT2D eigenvalue weighted by molar-refractivity contribution is 5.35. The van der Waals surface area contributed by atoms with Crippen LogP contribution in [0.2, 0.25) is 0 Å². The van der Waals surface area contributed by atoms with E-state index in [-0.39, 0.29) is 12.1 Å². The van der Waals surface area contributed by atoms with E-state index in [4.69, 9.17) is 0 Å². The Hall–Kier alpha value is -1.07. The topological polar surface area (TPSA) is 23.5 Å². The molecule has 1 aromatic carbocycles. The highest BCUT2D eigenvalue weighted by atomic mass is 19.4. The van der Waals surface area contributed by atoms with Crippen molar-refractivity contribution in [2.45, 2.75) is 24.6 Å². The predicted octanol–water partition coefficient (Wildman–Crippen LogP) is 2.62. The molecular formula is C13H16F3NO. The molecule has 1 saturated heterocycles. The average Bonchev–Trinajstić information content (AvgIpc) is 2.27. The van der Waals surface area contributed by atoms with Crippen LogP contribution >= 0.6 is 0 Å². The summed E-state index contributed by atoms with van der Waals surface area (Å²) in [6, 6.07) is 5.29. The van der Waals surface area contributed by atoms with E-state index in [0.717, 1.165) is 12.6 Å². The first kappa shape index (κ1) is 13.4. The van der Waals surface area contributed by atoms with Crippen LogP contribution in [0.15, 0.2) is 24.3 Å². The van der Waals surface area contributed by atoms with E-state index < -0.39 is 17.3 Å². The molecule has 100 valence electrons. The number of nitrogens with zero attached hydrogens (tertiary/aromatic N) is 1. The highest BCUT2D eigenvalue weighted by Crippen LogP contribution is 2.39. The molecule has 5 heteroatoms. The largest absolute Gasteiger partial charge is 0.416 e. The van der Waals surface area contributed by atoms with Gasteiger partial charge in [-0.15, -0.1) is 0 Å². The van der Waals surface area contributed by atoms with E-state index in [0.29, 0.717) is 12.8 Å². The number of likely N-dealkylation sites (tertiary alicyclic amines) is 1. The Morgan fingerprint density at radius 3 is 2.56 bits per heavy atom. The van der Waals surface area contributed by atoms with Crippen LogP contribution in [0.1, 0.15) is 24.0 Å². The summed E-state index contributed by atoms with van der Waals surface area (Å²) in [6.07, 6.45) is -3.37. The third-order valence-electron chi connectivity index (χ3n) is 3.40. The molecule has 0 saturated carbocycles. The van der Waals surface area contributed by atoms with Crippen molar-refractivity contribution in [3.8, 4) is 0 Å².